The molecule has 0 N–H and O–H groups in total. The fraction of sp³-hybridized carbons (Fsp3) is 0.435. The number of aromatic nitrogens is 4. The molecule has 0 unspecified atom stereocenters. The molecule has 0 spiro atoms. The van der Waals surface area contributed by atoms with Crippen LogP contribution in [0.25, 0.3) is 17.2 Å². The number of morpholine rings is 1. The quantitative estimate of drug-likeness (QED) is 0.625. The fourth-order valence-electron chi connectivity index (χ4n) is 4.28. The third-order valence-corrected chi connectivity index (χ3v) is 5.69. The molecule has 1 aliphatic heterocycles. The van der Waals surface area contributed by atoms with Crippen LogP contribution in [0, 0.1) is 0 Å². The molecule has 164 valence electrons. The topological polar surface area (TPSA) is 74.3 Å². The van der Waals surface area contributed by atoms with Crippen LogP contribution in [-0.4, -0.2) is 48.9 Å². The Morgan fingerprint density at radius 2 is 1.74 bits per heavy atom. The van der Waals surface area contributed by atoms with E-state index in [1.54, 1.807) is 7.05 Å². The van der Waals surface area contributed by atoms with Crippen LogP contribution in [0.5, 0.6) is 0 Å². The fourth-order valence-corrected chi connectivity index (χ4v) is 4.28. The van der Waals surface area contributed by atoms with Gasteiger partial charge < -0.3 is 9.30 Å². The van der Waals surface area contributed by atoms with Crippen LogP contribution in [-0.2, 0) is 31.9 Å². The number of hydrogen-bond acceptors (Lipinski definition) is 5. The molecule has 0 saturated carbocycles. The molecule has 1 saturated heterocycles. The highest BCUT2D eigenvalue weighted by molar-refractivity contribution is 5.71. The van der Waals surface area contributed by atoms with E-state index >= 15 is 0 Å². The highest BCUT2D eigenvalue weighted by Gasteiger charge is 2.25. The monoisotopic (exact) mass is 423 g/mol. The van der Waals surface area contributed by atoms with Crippen molar-refractivity contribution in [3.8, 4) is 0 Å². The number of ether oxygens (including phenoxy) is 1. The Kier molecular flexibility index (Phi) is 5.93. The molecule has 1 aromatic carbocycles. The molecule has 3 heterocycles. The Morgan fingerprint density at radius 3 is 2.42 bits per heavy atom. The second-order valence-corrected chi connectivity index (χ2v) is 8.28. The van der Waals surface area contributed by atoms with Gasteiger partial charge >= 0.3 is 5.69 Å². The van der Waals surface area contributed by atoms with E-state index in [9.17, 15) is 9.59 Å². The van der Waals surface area contributed by atoms with E-state index in [0.29, 0.717) is 24.3 Å². The molecule has 8 heteroatoms. The number of fused-ring (bicyclic) bond motifs is 1. The predicted octanol–water partition coefficient (Wildman–Crippen LogP) is 1.76. The lowest BCUT2D eigenvalue weighted by Crippen LogP contribution is -2.45. The summed E-state index contributed by atoms with van der Waals surface area (Å²) >= 11 is 0. The van der Waals surface area contributed by atoms with Gasteiger partial charge in [0.15, 0.2) is 11.2 Å². The van der Waals surface area contributed by atoms with Crippen molar-refractivity contribution in [2.45, 2.75) is 39.1 Å². The second kappa shape index (κ2) is 8.64. The molecule has 0 amide bonds. The maximum atomic E-state index is 13.0. The van der Waals surface area contributed by atoms with Crippen molar-refractivity contribution in [2.24, 2.45) is 14.1 Å². The van der Waals surface area contributed by atoms with Crippen LogP contribution >= 0.6 is 0 Å². The molecule has 31 heavy (non-hydrogen) atoms. The summed E-state index contributed by atoms with van der Waals surface area (Å²) in [4.78, 5) is 32.5. The summed E-state index contributed by atoms with van der Waals surface area (Å²) < 4.78 is 10.4. The molecule has 0 aliphatic carbocycles. The molecule has 1 fully saturated rings. The van der Waals surface area contributed by atoms with Crippen LogP contribution in [0.4, 0.5) is 0 Å². The zero-order chi connectivity index (χ0) is 22.1. The normalized spacial score (nSPS) is 20.1. The standard InChI is InChI=1S/C23H29N5O3/c1-16-13-27(14-17(2)31-16)15-19-24-21-20(22(29)26(4)23(30)25(21)3)28(19)12-8-11-18-9-6-5-7-10-18/h5-11,16-17H,12-15H2,1-4H3/b11-8+/t16-,17-/m1/s1. The summed E-state index contributed by atoms with van der Waals surface area (Å²) in [7, 11) is 3.16. The number of rotatable bonds is 5. The number of allylic oxidation sites excluding steroid dienone is 1. The lowest BCUT2D eigenvalue weighted by atomic mass is 10.2. The molecule has 1 aliphatic rings. The molecule has 2 atom stereocenters. The lowest BCUT2D eigenvalue weighted by Gasteiger charge is -2.35. The molecule has 3 aromatic rings. The van der Waals surface area contributed by atoms with Gasteiger partial charge in [0.05, 0.1) is 18.8 Å². The van der Waals surface area contributed by atoms with Crippen molar-refractivity contribution in [3.63, 3.8) is 0 Å². The van der Waals surface area contributed by atoms with E-state index in [-0.39, 0.29) is 23.5 Å². The van der Waals surface area contributed by atoms with Crippen molar-refractivity contribution in [2.75, 3.05) is 13.1 Å². The van der Waals surface area contributed by atoms with Crippen molar-refractivity contribution in [1.29, 1.82) is 0 Å². The van der Waals surface area contributed by atoms with Gasteiger partial charge in [0.1, 0.15) is 5.82 Å². The Bertz CT molecular complexity index is 1210. The van der Waals surface area contributed by atoms with Gasteiger partial charge in [-0.15, -0.1) is 0 Å². The third kappa shape index (κ3) is 4.26. The zero-order valence-corrected chi connectivity index (χ0v) is 18.5. The van der Waals surface area contributed by atoms with Gasteiger partial charge in [0, 0.05) is 33.7 Å². The van der Waals surface area contributed by atoms with Gasteiger partial charge in [0.25, 0.3) is 5.56 Å². The van der Waals surface area contributed by atoms with Gasteiger partial charge in [-0.2, -0.15) is 0 Å². The minimum Gasteiger partial charge on any atom is -0.373 e. The van der Waals surface area contributed by atoms with Crippen LogP contribution in [0.1, 0.15) is 25.2 Å². The van der Waals surface area contributed by atoms with Gasteiger partial charge in [-0.05, 0) is 19.4 Å². The Labute approximate surface area is 181 Å². The first-order valence-corrected chi connectivity index (χ1v) is 10.6. The van der Waals surface area contributed by atoms with E-state index in [1.807, 2.05) is 47.1 Å². The number of aryl methyl sites for hydroxylation is 1. The molecule has 0 bridgehead atoms. The summed E-state index contributed by atoms with van der Waals surface area (Å²) in [6.07, 6.45) is 4.32. The smallest absolute Gasteiger partial charge is 0.332 e. The number of nitrogens with zero attached hydrogens (tertiary/aromatic N) is 5. The van der Waals surface area contributed by atoms with Gasteiger partial charge in [0.2, 0.25) is 0 Å². The highest BCUT2D eigenvalue weighted by atomic mass is 16.5. The molecule has 0 radical (unpaired) electrons. The average Bonchev–Trinajstić information content (AvgIpc) is 3.09. The predicted molar refractivity (Wildman–Crippen MR) is 121 cm³/mol. The van der Waals surface area contributed by atoms with E-state index in [4.69, 9.17) is 9.72 Å². The van der Waals surface area contributed by atoms with E-state index in [2.05, 4.69) is 18.7 Å². The van der Waals surface area contributed by atoms with Crippen LogP contribution in [0.15, 0.2) is 46.0 Å². The summed E-state index contributed by atoms with van der Waals surface area (Å²) in [6, 6.07) is 10.0. The van der Waals surface area contributed by atoms with Crippen molar-refractivity contribution in [1.82, 2.24) is 23.6 Å². The van der Waals surface area contributed by atoms with E-state index < -0.39 is 0 Å². The summed E-state index contributed by atoms with van der Waals surface area (Å²) in [6.45, 7) is 6.79. The minimum absolute atomic E-state index is 0.136. The first-order valence-electron chi connectivity index (χ1n) is 10.6. The second-order valence-electron chi connectivity index (χ2n) is 8.28. The van der Waals surface area contributed by atoms with Gasteiger partial charge in [-0.3, -0.25) is 18.8 Å². The van der Waals surface area contributed by atoms with Crippen molar-refractivity contribution >= 4 is 17.2 Å². The molecule has 4 rings (SSSR count). The Balaban J connectivity index is 1.76. The van der Waals surface area contributed by atoms with Gasteiger partial charge in [-0.25, -0.2) is 9.78 Å². The minimum atomic E-state index is -0.373. The van der Waals surface area contributed by atoms with E-state index in [1.165, 1.54) is 11.6 Å². The largest absolute Gasteiger partial charge is 0.373 e. The van der Waals surface area contributed by atoms with Crippen molar-refractivity contribution in [3.05, 3.63) is 68.6 Å². The first-order chi connectivity index (χ1) is 14.8. The Morgan fingerprint density at radius 1 is 1.06 bits per heavy atom. The zero-order valence-electron chi connectivity index (χ0n) is 18.5. The SMILES string of the molecule is C[C@@H]1CN(Cc2nc3c(c(=O)n(C)c(=O)n3C)n2C/C=C/c2ccccc2)C[C@@H](C)O1. The molecular weight excluding hydrogens is 394 g/mol. The molecule has 8 nitrogen and oxygen atoms in total. The molecular formula is C23H29N5O3. The highest BCUT2D eigenvalue weighted by Crippen LogP contribution is 2.17. The first kappa shape index (κ1) is 21.3. The number of hydrogen-bond donors (Lipinski definition) is 0. The van der Waals surface area contributed by atoms with Crippen LogP contribution < -0.4 is 11.2 Å². The Hall–Kier alpha value is -2.97. The summed E-state index contributed by atoms with van der Waals surface area (Å²) in [5.41, 5.74) is 1.26. The third-order valence-electron chi connectivity index (χ3n) is 5.69. The number of imidazole rings is 1. The summed E-state index contributed by atoms with van der Waals surface area (Å²) in [5.74, 6) is 0.771. The van der Waals surface area contributed by atoms with Crippen LogP contribution in [0.3, 0.4) is 0 Å². The number of benzene rings is 1. The van der Waals surface area contributed by atoms with E-state index in [0.717, 1.165) is 29.0 Å². The molecule has 2 aromatic heterocycles. The maximum absolute atomic E-state index is 13.0. The van der Waals surface area contributed by atoms with Crippen LogP contribution in [0.2, 0.25) is 0 Å². The maximum Gasteiger partial charge on any atom is 0.332 e. The summed E-state index contributed by atoms with van der Waals surface area (Å²) in [5, 5.41) is 0. The van der Waals surface area contributed by atoms with Gasteiger partial charge in [-0.1, -0.05) is 42.5 Å². The lowest BCUT2D eigenvalue weighted by molar-refractivity contribution is -0.0712. The average molecular weight is 424 g/mol. The van der Waals surface area contributed by atoms with Crippen molar-refractivity contribution < 1.29 is 4.74 Å².